The van der Waals surface area contributed by atoms with E-state index < -0.39 is 17.9 Å². The van der Waals surface area contributed by atoms with Crippen LogP contribution in [0.3, 0.4) is 0 Å². The van der Waals surface area contributed by atoms with Gasteiger partial charge in [-0.05, 0) is 48.0 Å². The summed E-state index contributed by atoms with van der Waals surface area (Å²) in [5, 5.41) is 11.7. The molecule has 5 nitrogen and oxygen atoms in total. The summed E-state index contributed by atoms with van der Waals surface area (Å²) in [6, 6.07) is 5.03. The van der Waals surface area contributed by atoms with Gasteiger partial charge in [-0.1, -0.05) is 32.9 Å². The summed E-state index contributed by atoms with van der Waals surface area (Å²) in [6.45, 7) is 7.99. The quantitative estimate of drug-likeness (QED) is 0.751. The number of benzene rings is 1. The molecule has 0 fully saturated rings. The fraction of sp³-hybridized carbons (Fsp3) is 0.556. The average Bonchev–Trinajstić information content (AvgIpc) is 2.47. The zero-order valence-electron chi connectivity index (χ0n) is 15.0. The molecule has 2 N–H and O–H groups in total. The van der Waals surface area contributed by atoms with Crippen molar-refractivity contribution in [1.82, 2.24) is 5.32 Å². The van der Waals surface area contributed by atoms with Gasteiger partial charge in [-0.25, -0.2) is 4.79 Å². The Morgan fingerprint density at radius 2 is 2.00 bits per heavy atom. The van der Waals surface area contributed by atoms with E-state index in [1.165, 1.54) is 0 Å². The highest BCUT2D eigenvalue weighted by Crippen LogP contribution is 2.32. The lowest BCUT2D eigenvalue weighted by Gasteiger charge is -2.23. The van der Waals surface area contributed by atoms with Gasteiger partial charge in [-0.15, -0.1) is 0 Å². The molecular formula is C18H27NO4S. The van der Waals surface area contributed by atoms with Gasteiger partial charge in [-0.2, -0.15) is 11.8 Å². The molecule has 0 aromatic heterocycles. The standard InChI is InChI=1S/C18H27NO4S/c1-12-6-7-13(18(2,3)4)15(10-12)23-11-16(20)19-14(17(21)22)8-9-24-5/h6-7,10,14H,8-9,11H2,1-5H3,(H,19,20)(H,21,22). The van der Waals surface area contributed by atoms with Crippen molar-refractivity contribution in [2.45, 2.75) is 45.6 Å². The molecule has 0 saturated heterocycles. The summed E-state index contributed by atoms with van der Waals surface area (Å²) in [4.78, 5) is 23.2. The average molecular weight is 353 g/mol. The maximum Gasteiger partial charge on any atom is 0.326 e. The Balaban J connectivity index is 2.73. The van der Waals surface area contributed by atoms with Crippen LogP contribution in [0.4, 0.5) is 0 Å². The molecule has 1 atom stereocenters. The van der Waals surface area contributed by atoms with Crippen LogP contribution >= 0.6 is 11.8 Å². The Morgan fingerprint density at radius 3 is 2.54 bits per heavy atom. The van der Waals surface area contributed by atoms with Crippen molar-refractivity contribution < 1.29 is 19.4 Å². The number of hydrogen-bond acceptors (Lipinski definition) is 4. The van der Waals surface area contributed by atoms with Crippen molar-refractivity contribution in [1.29, 1.82) is 0 Å². The molecule has 1 aromatic carbocycles. The number of rotatable bonds is 8. The minimum Gasteiger partial charge on any atom is -0.483 e. The Morgan fingerprint density at radius 1 is 1.33 bits per heavy atom. The predicted molar refractivity (Wildman–Crippen MR) is 97.9 cm³/mol. The molecule has 0 heterocycles. The second kappa shape index (κ2) is 8.97. The monoisotopic (exact) mass is 353 g/mol. The maximum absolute atomic E-state index is 12.0. The number of aryl methyl sites for hydroxylation is 1. The van der Waals surface area contributed by atoms with E-state index >= 15 is 0 Å². The maximum atomic E-state index is 12.0. The van der Waals surface area contributed by atoms with Crippen LogP contribution in [0.1, 0.15) is 38.3 Å². The Bertz CT molecular complexity index is 581. The number of carbonyl (C=O) groups is 2. The van der Waals surface area contributed by atoms with Gasteiger partial charge >= 0.3 is 5.97 Å². The second-order valence-electron chi connectivity index (χ2n) is 6.78. The van der Waals surface area contributed by atoms with Crippen molar-refractivity contribution in [2.24, 2.45) is 0 Å². The minimum atomic E-state index is -1.02. The molecule has 24 heavy (non-hydrogen) atoms. The van der Waals surface area contributed by atoms with E-state index in [9.17, 15) is 9.59 Å². The molecular weight excluding hydrogens is 326 g/mol. The highest BCUT2D eigenvalue weighted by Gasteiger charge is 2.22. The molecule has 6 heteroatoms. The molecule has 1 unspecified atom stereocenters. The van der Waals surface area contributed by atoms with Gasteiger partial charge in [-0.3, -0.25) is 4.79 Å². The minimum absolute atomic E-state index is 0.110. The Hall–Kier alpha value is -1.69. The molecule has 1 rings (SSSR count). The Labute approximate surface area is 148 Å². The van der Waals surface area contributed by atoms with Gasteiger partial charge in [0.1, 0.15) is 11.8 Å². The molecule has 0 aliphatic carbocycles. The first-order chi connectivity index (χ1) is 11.1. The highest BCUT2D eigenvalue weighted by atomic mass is 32.2. The molecule has 134 valence electrons. The van der Waals surface area contributed by atoms with Crippen LogP contribution in [-0.2, 0) is 15.0 Å². The first-order valence-corrected chi connectivity index (χ1v) is 9.29. The third kappa shape index (κ3) is 6.43. The largest absolute Gasteiger partial charge is 0.483 e. The van der Waals surface area contributed by atoms with E-state index in [-0.39, 0.29) is 12.0 Å². The molecule has 0 spiro atoms. The number of carboxylic acid groups (broad SMARTS) is 1. The number of ether oxygens (including phenoxy) is 1. The van der Waals surface area contributed by atoms with Gasteiger partial charge in [0.05, 0.1) is 0 Å². The summed E-state index contributed by atoms with van der Waals surface area (Å²) in [7, 11) is 0. The summed E-state index contributed by atoms with van der Waals surface area (Å²) < 4.78 is 5.68. The van der Waals surface area contributed by atoms with Crippen LogP contribution in [0.2, 0.25) is 0 Å². The van der Waals surface area contributed by atoms with Gasteiger partial charge in [0.25, 0.3) is 5.91 Å². The fourth-order valence-corrected chi connectivity index (χ4v) is 2.71. The van der Waals surface area contributed by atoms with Crippen LogP contribution in [0, 0.1) is 6.92 Å². The highest BCUT2D eigenvalue weighted by molar-refractivity contribution is 7.98. The van der Waals surface area contributed by atoms with Crippen LogP contribution in [-0.4, -0.2) is 41.6 Å². The van der Waals surface area contributed by atoms with E-state index in [1.807, 2.05) is 31.4 Å². The van der Waals surface area contributed by atoms with Crippen LogP contribution in [0.25, 0.3) is 0 Å². The topological polar surface area (TPSA) is 75.6 Å². The van der Waals surface area contributed by atoms with Crippen molar-refractivity contribution in [3.63, 3.8) is 0 Å². The lowest BCUT2D eigenvalue weighted by molar-refractivity contribution is -0.142. The van der Waals surface area contributed by atoms with Crippen LogP contribution < -0.4 is 10.1 Å². The zero-order valence-corrected chi connectivity index (χ0v) is 15.8. The molecule has 1 amide bonds. The predicted octanol–water partition coefficient (Wildman–Crippen LogP) is 2.99. The van der Waals surface area contributed by atoms with Gasteiger partial charge in [0, 0.05) is 0 Å². The van der Waals surface area contributed by atoms with Crippen molar-refractivity contribution in [3.05, 3.63) is 29.3 Å². The summed E-state index contributed by atoms with van der Waals surface area (Å²) in [5.74, 6) is -0.119. The summed E-state index contributed by atoms with van der Waals surface area (Å²) in [6.07, 6.45) is 2.29. The van der Waals surface area contributed by atoms with Crippen LogP contribution in [0.15, 0.2) is 18.2 Å². The molecule has 0 radical (unpaired) electrons. The number of aliphatic carboxylic acids is 1. The fourth-order valence-electron chi connectivity index (χ4n) is 2.24. The molecule has 0 aliphatic rings. The zero-order chi connectivity index (χ0) is 18.3. The molecule has 0 saturated carbocycles. The van der Waals surface area contributed by atoms with Crippen molar-refractivity contribution in [3.8, 4) is 5.75 Å². The number of nitrogens with one attached hydrogen (secondary N) is 1. The first-order valence-electron chi connectivity index (χ1n) is 7.90. The summed E-state index contributed by atoms with van der Waals surface area (Å²) in [5.41, 5.74) is 1.95. The lowest BCUT2D eigenvalue weighted by atomic mass is 9.86. The number of carboxylic acids is 1. The normalized spacial score (nSPS) is 12.5. The van der Waals surface area contributed by atoms with Crippen LogP contribution in [0.5, 0.6) is 5.75 Å². The number of amides is 1. The number of carbonyl (C=O) groups excluding carboxylic acids is 1. The summed E-state index contributed by atoms with van der Waals surface area (Å²) >= 11 is 1.55. The molecule has 1 aromatic rings. The molecule has 0 bridgehead atoms. The third-order valence-electron chi connectivity index (χ3n) is 3.55. The Kier molecular flexibility index (Phi) is 7.60. The smallest absolute Gasteiger partial charge is 0.326 e. The van der Waals surface area contributed by atoms with E-state index in [1.54, 1.807) is 11.8 Å². The van der Waals surface area contributed by atoms with Gasteiger partial charge in [0.2, 0.25) is 0 Å². The van der Waals surface area contributed by atoms with E-state index in [0.717, 1.165) is 11.1 Å². The first kappa shape index (κ1) is 20.4. The van der Waals surface area contributed by atoms with E-state index in [4.69, 9.17) is 9.84 Å². The van der Waals surface area contributed by atoms with Gasteiger partial charge in [0.15, 0.2) is 6.61 Å². The number of thioether (sulfide) groups is 1. The molecule has 0 aliphatic heterocycles. The third-order valence-corrected chi connectivity index (χ3v) is 4.19. The van der Waals surface area contributed by atoms with E-state index in [0.29, 0.717) is 17.9 Å². The number of hydrogen-bond donors (Lipinski definition) is 2. The lowest BCUT2D eigenvalue weighted by Crippen LogP contribution is -2.43. The second-order valence-corrected chi connectivity index (χ2v) is 7.76. The van der Waals surface area contributed by atoms with Crippen molar-refractivity contribution >= 4 is 23.6 Å². The van der Waals surface area contributed by atoms with Crippen molar-refractivity contribution in [2.75, 3.05) is 18.6 Å². The van der Waals surface area contributed by atoms with Gasteiger partial charge < -0.3 is 15.2 Å². The van der Waals surface area contributed by atoms with E-state index in [2.05, 4.69) is 26.1 Å². The SMILES string of the molecule is CSCCC(NC(=O)COc1cc(C)ccc1C(C)(C)C)C(=O)O.